The molecule has 1 amide bonds. The lowest BCUT2D eigenvalue weighted by atomic mass is 10.1. The topological polar surface area (TPSA) is 75.9 Å². The first-order valence-corrected chi connectivity index (χ1v) is 10.1. The number of carbonyl (C=O) groups excluding carboxylic acids is 1. The summed E-state index contributed by atoms with van der Waals surface area (Å²) >= 11 is 0. The van der Waals surface area contributed by atoms with Crippen LogP contribution in [0.4, 0.5) is 22.0 Å². The van der Waals surface area contributed by atoms with E-state index in [0.29, 0.717) is 5.69 Å². The van der Waals surface area contributed by atoms with E-state index in [1.807, 2.05) is 0 Å². The van der Waals surface area contributed by atoms with Crippen LogP contribution in [0.25, 0.3) is 5.65 Å². The van der Waals surface area contributed by atoms with Crippen LogP contribution in [-0.2, 0) is 6.61 Å². The van der Waals surface area contributed by atoms with Gasteiger partial charge < -0.3 is 15.2 Å². The van der Waals surface area contributed by atoms with Crippen LogP contribution in [-0.4, -0.2) is 39.2 Å². The van der Waals surface area contributed by atoms with Crippen LogP contribution in [0.1, 0.15) is 48.4 Å². The Hall–Kier alpha value is -3.21. The summed E-state index contributed by atoms with van der Waals surface area (Å²) < 4.78 is 71.8. The Balaban J connectivity index is 0.00000408. The smallest absolute Gasteiger partial charge is 0.389 e. The number of fused-ring (bicyclic) bond motifs is 1. The summed E-state index contributed by atoms with van der Waals surface area (Å²) in [6.45, 7) is 0.624. The zero-order valence-electron chi connectivity index (χ0n) is 17.6. The number of aliphatic hydroxyl groups excluding tert-OH is 1. The quantitative estimate of drug-likeness (QED) is 0.419. The van der Waals surface area contributed by atoms with Crippen molar-refractivity contribution in [2.75, 3.05) is 6.61 Å². The lowest BCUT2D eigenvalue weighted by molar-refractivity contribution is -0.135. The summed E-state index contributed by atoms with van der Waals surface area (Å²) in [5, 5.41) is 12.0. The van der Waals surface area contributed by atoms with Crippen LogP contribution < -0.4 is 10.1 Å². The molecule has 0 fully saturated rings. The van der Waals surface area contributed by atoms with Crippen molar-refractivity contribution in [2.45, 2.75) is 52.4 Å². The molecule has 0 aliphatic rings. The van der Waals surface area contributed by atoms with E-state index >= 15 is 0 Å². The highest BCUT2D eigenvalue weighted by atomic mass is 19.4. The van der Waals surface area contributed by atoms with Gasteiger partial charge in [0.2, 0.25) is 0 Å². The number of ether oxygens (including phenoxy) is 1. The number of halogens is 5. The highest BCUT2D eigenvalue weighted by molar-refractivity contribution is 5.95. The number of alkyl halides is 3. The second-order valence-electron chi connectivity index (χ2n) is 7.46. The molecule has 3 rings (SSSR count). The van der Waals surface area contributed by atoms with Crippen molar-refractivity contribution < 1.29 is 36.6 Å². The van der Waals surface area contributed by atoms with Crippen LogP contribution in [0.15, 0.2) is 36.5 Å². The summed E-state index contributed by atoms with van der Waals surface area (Å²) in [5.74, 6) is -1.99. The number of imidazole rings is 1. The standard InChI is InChI=1S/C22H22F5N3O3.CH4/c1-13-19(21(32)29-14(11-31)5-3-9-22(25,26)27)30-10-4-8-18(20(30)28-13)33-12-15-16(23)6-2-7-17(15)24;/h2,4,6-8,10,14,31H,3,5,9,11-12H2,1H3,(H,29,32);1H4. The summed E-state index contributed by atoms with van der Waals surface area (Å²) in [5.41, 5.74) is 0.356. The van der Waals surface area contributed by atoms with E-state index in [-0.39, 0.29) is 42.9 Å². The average molecular weight is 487 g/mol. The monoisotopic (exact) mass is 487 g/mol. The van der Waals surface area contributed by atoms with Gasteiger partial charge in [-0.1, -0.05) is 13.5 Å². The first kappa shape index (κ1) is 27.0. The molecule has 0 aliphatic heterocycles. The van der Waals surface area contributed by atoms with Crippen molar-refractivity contribution in [3.63, 3.8) is 0 Å². The number of hydrogen-bond acceptors (Lipinski definition) is 4. The van der Waals surface area contributed by atoms with Gasteiger partial charge in [-0.05, 0) is 44.0 Å². The fourth-order valence-electron chi connectivity index (χ4n) is 3.37. The van der Waals surface area contributed by atoms with Gasteiger partial charge in [0.1, 0.15) is 23.9 Å². The molecular formula is C23H26F5N3O3. The minimum absolute atomic E-state index is 0. The van der Waals surface area contributed by atoms with E-state index in [1.54, 1.807) is 13.0 Å². The molecule has 0 spiro atoms. The lowest BCUT2D eigenvalue weighted by Crippen LogP contribution is -2.38. The third-order valence-corrected chi connectivity index (χ3v) is 5.01. The maximum atomic E-state index is 13.9. The Labute approximate surface area is 193 Å². The van der Waals surface area contributed by atoms with Gasteiger partial charge in [0.15, 0.2) is 11.4 Å². The number of benzene rings is 1. The van der Waals surface area contributed by atoms with E-state index in [4.69, 9.17) is 4.74 Å². The van der Waals surface area contributed by atoms with Crippen LogP contribution in [0.3, 0.4) is 0 Å². The molecule has 186 valence electrons. The molecule has 2 heterocycles. The predicted molar refractivity (Wildman–Crippen MR) is 116 cm³/mol. The number of aromatic nitrogens is 2. The molecule has 1 aromatic carbocycles. The Morgan fingerprint density at radius 1 is 1.21 bits per heavy atom. The van der Waals surface area contributed by atoms with Crippen LogP contribution in [0, 0.1) is 18.6 Å². The molecule has 0 saturated heterocycles. The number of carbonyl (C=O) groups is 1. The number of nitrogens with zero attached hydrogens (tertiary/aromatic N) is 2. The Bertz CT molecular complexity index is 1110. The van der Waals surface area contributed by atoms with E-state index in [0.717, 1.165) is 12.1 Å². The van der Waals surface area contributed by atoms with Crippen LogP contribution in [0.2, 0.25) is 0 Å². The number of amides is 1. The molecule has 0 bridgehead atoms. The third-order valence-electron chi connectivity index (χ3n) is 5.01. The minimum atomic E-state index is -4.32. The zero-order valence-corrected chi connectivity index (χ0v) is 17.6. The summed E-state index contributed by atoms with van der Waals surface area (Å²) in [4.78, 5) is 17.1. The van der Waals surface area contributed by atoms with Gasteiger partial charge in [0.25, 0.3) is 5.91 Å². The normalized spacial score (nSPS) is 12.3. The van der Waals surface area contributed by atoms with Crippen molar-refractivity contribution in [3.05, 3.63) is 65.1 Å². The number of rotatable bonds is 9. The van der Waals surface area contributed by atoms with E-state index < -0.39 is 49.4 Å². The van der Waals surface area contributed by atoms with Crippen molar-refractivity contribution >= 4 is 11.6 Å². The Morgan fingerprint density at radius 2 is 1.88 bits per heavy atom. The number of aliphatic hydroxyl groups is 1. The first-order chi connectivity index (χ1) is 15.6. The number of aryl methyl sites for hydroxylation is 1. The highest BCUT2D eigenvalue weighted by Crippen LogP contribution is 2.25. The van der Waals surface area contributed by atoms with Crippen molar-refractivity contribution in [1.82, 2.24) is 14.7 Å². The van der Waals surface area contributed by atoms with Crippen LogP contribution in [0.5, 0.6) is 5.75 Å². The minimum Gasteiger partial charge on any atom is -0.485 e. The van der Waals surface area contributed by atoms with E-state index in [1.165, 1.54) is 22.7 Å². The molecule has 2 aromatic heterocycles. The number of pyridine rings is 1. The zero-order chi connectivity index (χ0) is 24.2. The number of nitrogens with one attached hydrogen (secondary N) is 1. The fraction of sp³-hybridized carbons (Fsp3) is 0.391. The first-order valence-electron chi connectivity index (χ1n) is 10.1. The second-order valence-corrected chi connectivity index (χ2v) is 7.46. The summed E-state index contributed by atoms with van der Waals surface area (Å²) in [7, 11) is 0. The molecule has 0 radical (unpaired) electrons. The summed E-state index contributed by atoms with van der Waals surface area (Å²) in [6, 6.07) is 5.66. The molecule has 0 saturated carbocycles. The molecular weight excluding hydrogens is 461 g/mol. The molecule has 6 nitrogen and oxygen atoms in total. The lowest BCUT2D eigenvalue weighted by Gasteiger charge is -2.17. The van der Waals surface area contributed by atoms with Gasteiger partial charge in [-0.25, -0.2) is 13.8 Å². The van der Waals surface area contributed by atoms with Crippen LogP contribution >= 0.6 is 0 Å². The average Bonchev–Trinajstić information content (AvgIpc) is 3.08. The van der Waals surface area contributed by atoms with Gasteiger partial charge in [-0.3, -0.25) is 9.20 Å². The largest absolute Gasteiger partial charge is 0.485 e. The van der Waals surface area contributed by atoms with Gasteiger partial charge in [0.05, 0.1) is 23.9 Å². The number of hydrogen-bond donors (Lipinski definition) is 2. The molecule has 1 atom stereocenters. The summed E-state index contributed by atoms with van der Waals surface area (Å²) in [6.07, 6.45) is -4.11. The molecule has 0 aliphatic carbocycles. The SMILES string of the molecule is C.Cc1nc2c(OCc3c(F)cccc3F)cccn2c1C(=O)NC(CO)CCCC(F)(F)F. The molecule has 34 heavy (non-hydrogen) atoms. The fourth-order valence-corrected chi connectivity index (χ4v) is 3.37. The predicted octanol–water partition coefficient (Wildman–Crippen LogP) is 4.96. The van der Waals surface area contributed by atoms with Gasteiger partial charge >= 0.3 is 6.18 Å². The highest BCUT2D eigenvalue weighted by Gasteiger charge is 2.27. The molecule has 3 aromatic rings. The van der Waals surface area contributed by atoms with Crippen molar-refractivity contribution in [3.8, 4) is 5.75 Å². The van der Waals surface area contributed by atoms with Crippen molar-refractivity contribution in [1.29, 1.82) is 0 Å². The molecule has 1 unspecified atom stereocenters. The Morgan fingerprint density at radius 3 is 2.50 bits per heavy atom. The van der Waals surface area contributed by atoms with Gasteiger partial charge in [-0.2, -0.15) is 13.2 Å². The van der Waals surface area contributed by atoms with Gasteiger partial charge in [-0.15, -0.1) is 0 Å². The van der Waals surface area contributed by atoms with E-state index in [2.05, 4.69) is 10.3 Å². The maximum absolute atomic E-state index is 13.9. The van der Waals surface area contributed by atoms with Crippen molar-refractivity contribution in [2.24, 2.45) is 0 Å². The maximum Gasteiger partial charge on any atom is 0.389 e. The third kappa shape index (κ3) is 6.43. The Kier molecular flexibility index (Phi) is 8.97. The van der Waals surface area contributed by atoms with E-state index in [9.17, 15) is 31.9 Å². The second kappa shape index (κ2) is 11.3. The molecule has 2 N–H and O–H groups in total. The molecule has 11 heteroatoms. The van der Waals surface area contributed by atoms with Gasteiger partial charge in [0, 0.05) is 12.6 Å².